The first-order chi connectivity index (χ1) is 8.81. The van der Waals surface area contributed by atoms with E-state index in [0.29, 0.717) is 12.1 Å². The molecule has 0 bridgehead atoms. The summed E-state index contributed by atoms with van der Waals surface area (Å²) in [5.41, 5.74) is -0.971. The molecule has 20 heavy (non-hydrogen) atoms. The van der Waals surface area contributed by atoms with Gasteiger partial charge in [-0.05, 0) is 17.7 Å². The molecule has 0 amide bonds. The highest BCUT2D eigenvalue weighted by molar-refractivity contribution is 7.89. The largest absolute Gasteiger partial charge is 0.573 e. The molecule has 0 aliphatic heterocycles. The van der Waals surface area contributed by atoms with Crippen molar-refractivity contribution < 1.29 is 39.5 Å². The van der Waals surface area contributed by atoms with Gasteiger partial charge in [0.2, 0.25) is 10.0 Å². The van der Waals surface area contributed by atoms with Gasteiger partial charge in [0.15, 0.2) is 5.25 Å². The minimum Gasteiger partial charge on any atom is -0.406 e. The number of rotatable bonds is 3. The summed E-state index contributed by atoms with van der Waals surface area (Å²) in [5.74, 6) is -0.979. The maximum Gasteiger partial charge on any atom is 0.573 e. The summed E-state index contributed by atoms with van der Waals surface area (Å²) in [4.78, 5) is 0. The normalized spacial score (nSPS) is 14.9. The molecule has 1 aromatic carbocycles. The summed E-state index contributed by atoms with van der Waals surface area (Å²) in [6, 6.07) is 2.52. The van der Waals surface area contributed by atoms with Crippen LogP contribution in [0.2, 0.25) is 0 Å². The fourth-order valence-electron chi connectivity index (χ4n) is 1.44. The number of nitrogens with two attached hydrogens (primary N) is 1. The van der Waals surface area contributed by atoms with Crippen molar-refractivity contribution in [3.05, 3.63) is 29.8 Å². The van der Waals surface area contributed by atoms with Gasteiger partial charge in [0, 0.05) is 0 Å². The zero-order chi connectivity index (χ0) is 15.8. The van der Waals surface area contributed by atoms with Crippen LogP contribution in [0, 0.1) is 0 Å². The molecule has 0 aliphatic carbocycles. The number of sulfonamides is 1. The van der Waals surface area contributed by atoms with Crippen LogP contribution in [0.5, 0.6) is 5.75 Å². The fraction of sp³-hybridized carbons (Fsp3) is 0.333. The van der Waals surface area contributed by atoms with Crippen LogP contribution in [0.15, 0.2) is 24.3 Å². The molecule has 4 nitrogen and oxygen atoms in total. The average Bonchev–Trinajstić information content (AvgIpc) is 2.09. The summed E-state index contributed by atoms with van der Waals surface area (Å²) >= 11 is 0. The first-order valence-electron chi connectivity index (χ1n) is 4.75. The maximum absolute atomic E-state index is 12.6. The summed E-state index contributed by atoms with van der Waals surface area (Å²) in [6.45, 7) is 0. The molecule has 11 heteroatoms. The standard InChI is InChI=1S/C9H7F6NO3S/c10-8(11,12)7(20(16,17)18)5-2-1-3-6(4-5)19-9(13,14)15/h1-4,7H,(H2,16,17,18). The Hall–Kier alpha value is -1.49. The van der Waals surface area contributed by atoms with Gasteiger partial charge in [0.1, 0.15) is 5.75 Å². The van der Waals surface area contributed by atoms with Crippen LogP contribution in [0.25, 0.3) is 0 Å². The SMILES string of the molecule is NS(=O)(=O)C(c1cccc(OC(F)(F)F)c1)C(F)(F)F. The predicted molar refractivity (Wildman–Crippen MR) is 55.0 cm³/mol. The molecular formula is C9H7F6NO3S. The van der Waals surface area contributed by atoms with Gasteiger partial charge in [-0.1, -0.05) is 12.1 Å². The Morgan fingerprint density at radius 2 is 1.65 bits per heavy atom. The molecule has 0 saturated carbocycles. The highest BCUT2D eigenvalue weighted by atomic mass is 32.2. The zero-order valence-corrected chi connectivity index (χ0v) is 10.2. The van der Waals surface area contributed by atoms with Gasteiger partial charge < -0.3 is 4.74 Å². The summed E-state index contributed by atoms with van der Waals surface area (Å²) in [7, 11) is -5.10. The van der Waals surface area contributed by atoms with Crippen molar-refractivity contribution in [1.29, 1.82) is 0 Å². The van der Waals surface area contributed by atoms with Gasteiger partial charge in [-0.25, -0.2) is 13.6 Å². The molecule has 1 atom stereocenters. The van der Waals surface area contributed by atoms with E-state index in [4.69, 9.17) is 0 Å². The van der Waals surface area contributed by atoms with Crippen LogP contribution in [-0.2, 0) is 10.0 Å². The minimum atomic E-state index is -5.27. The van der Waals surface area contributed by atoms with Gasteiger partial charge in [0.05, 0.1) is 0 Å². The lowest BCUT2D eigenvalue weighted by Gasteiger charge is -2.19. The minimum absolute atomic E-state index is 0.316. The van der Waals surface area contributed by atoms with Crippen molar-refractivity contribution in [3.8, 4) is 5.75 Å². The highest BCUT2D eigenvalue weighted by Gasteiger charge is 2.48. The number of ether oxygens (including phenoxy) is 1. The lowest BCUT2D eigenvalue weighted by atomic mass is 10.1. The van der Waals surface area contributed by atoms with E-state index in [1.165, 1.54) is 0 Å². The van der Waals surface area contributed by atoms with Crippen molar-refractivity contribution in [2.24, 2.45) is 5.14 Å². The first kappa shape index (κ1) is 16.6. The quantitative estimate of drug-likeness (QED) is 0.869. The van der Waals surface area contributed by atoms with Gasteiger partial charge in [-0.2, -0.15) is 13.2 Å². The molecular weight excluding hydrogens is 316 g/mol. The van der Waals surface area contributed by atoms with Crippen LogP contribution in [0.1, 0.15) is 10.8 Å². The highest BCUT2D eigenvalue weighted by Crippen LogP contribution is 2.39. The van der Waals surface area contributed by atoms with Gasteiger partial charge in [0.25, 0.3) is 0 Å². The third-order valence-corrected chi connectivity index (χ3v) is 3.22. The molecule has 114 valence electrons. The maximum atomic E-state index is 12.6. The lowest BCUT2D eigenvalue weighted by Crippen LogP contribution is -2.33. The van der Waals surface area contributed by atoms with E-state index in [1.807, 2.05) is 0 Å². The smallest absolute Gasteiger partial charge is 0.406 e. The van der Waals surface area contributed by atoms with Gasteiger partial charge >= 0.3 is 12.5 Å². The molecule has 1 unspecified atom stereocenters. The summed E-state index contributed by atoms with van der Waals surface area (Å²) < 4.78 is 99.2. The molecule has 1 aromatic rings. The number of benzene rings is 1. The van der Waals surface area contributed by atoms with Crippen molar-refractivity contribution in [2.75, 3.05) is 0 Å². The second-order valence-corrected chi connectivity index (χ2v) is 5.28. The van der Waals surface area contributed by atoms with E-state index in [-0.39, 0.29) is 0 Å². The van der Waals surface area contributed by atoms with Crippen LogP contribution >= 0.6 is 0 Å². The summed E-state index contributed by atoms with van der Waals surface area (Å²) in [5, 5.41) is 1.33. The number of halogens is 6. The predicted octanol–water partition coefficient (Wildman–Crippen LogP) is 2.48. The molecule has 0 fully saturated rings. The molecule has 0 spiro atoms. The third kappa shape index (κ3) is 4.56. The van der Waals surface area contributed by atoms with E-state index in [9.17, 15) is 34.8 Å². The van der Waals surface area contributed by atoms with Crippen molar-refractivity contribution >= 4 is 10.0 Å². The van der Waals surface area contributed by atoms with E-state index in [0.717, 1.165) is 12.1 Å². The average molecular weight is 323 g/mol. The monoisotopic (exact) mass is 323 g/mol. The molecule has 0 radical (unpaired) electrons. The molecule has 1 rings (SSSR count). The summed E-state index contributed by atoms with van der Waals surface area (Å²) in [6.07, 6.45) is -10.4. The number of alkyl halides is 6. The van der Waals surface area contributed by atoms with E-state index >= 15 is 0 Å². The van der Waals surface area contributed by atoms with Crippen molar-refractivity contribution in [2.45, 2.75) is 17.8 Å². The third-order valence-electron chi connectivity index (χ3n) is 2.02. The molecule has 0 heterocycles. The first-order valence-corrected chi connectivity index (χ1v) is 6.36. The van der Waals surface area contributed by atoms with Crippen molar-refractivity contribution in [3.63, 3.8) is 0 Å². The van der Waals surface area contributed by atoms with Crippen LogP contribution in [0.3, 0.4) is 0 Å². The molecule has 0 aliphatic rings. The number of hydrogen-bond donors (Lipinski definition) is 1. The number of hydrogen-bond acceptors (Lipinski definition) is 3. The van der Waals surface area contributed by atoms with Crippen molar-refractivity contribution in [1.82, 2.24) is 0 Å². The molecule has 0 saturated heterocycles. The Kier molecular flexibility index (Phi) is 4.25. The van der Waals surface area contributed by atoms with Crippen LogP contribution in [-0.4, -0.2) is 21.0 Å². The number of primary sulfonamides is 1. The van der Waals surface area contributed by atoms with Gasteiger partial charge in [-0.3, -0.25) is 0 Å². The Morgan fingerprint density at radius 3 is 2.05 bits per heavy atom. The van der Waals surface area contributed by atoms with E-state index in [2.05, 4.69) is 9.88 Å². The second kappa shape index (κ2) is 5.13. The van der Waals surface area contributed by atoms with E-state index in [1.54, 1.807) is 0 Å². The van der Waals surface area contributed by atoms with Crippen LogP contribution < -0.4 is 9.88 Å². The Morgan fingerprint density at radius 1 is 1.10 bits per heavy atom. The Balaban J connectivity index is 3.27. The molecule has 0 aromatic heterocycles. The lowest BCUT2D eigenvalue weighted by molar-refractivity contribution is -0.274. The Labute approximate surface area is 109 Å². The topological polar surface area (TPSA) is 69.4 Å². The Bertz CT molecular complexity index is 580. The fourth-order valence-corrected chi connectivity index (χ4v) is 2.34. The van der Waals surface area contributed by atoms with Gasteiger partial charge in [-0.15, -0.1) is 13.2 Å². The molecule has 2 N–H and O–H groups in total. The van der Waals surface area contributed by atoms with E-state index < -0.39 is 39.1 Å². The van der Waals surface area contributed by atoms with Crippen LogP contribution in [0.4, 0.5) is 26.3 Å². The second-order valence-electron chi connectivity index (χ2n) is 3.63. The zero-order valence-electron chi connectivity index (χ0n) is 9.36.